The van der Waals surface area contributed by atoms with Gasteiger partial charge < -0.3 is 25.6 Å². The highest BCUT2D eigenvalue weighted by Gasteiger charge is 2.46. The number of amides is 3. The van der Waals surface area contributed by atoms with Gasteiger partial charge in [0.15, 0.2) is 9.84 Å². The molecule has 3 unspecified atom stereocenters. The van der Waals surface area contributed by atoms with Crippen LogP contribution in [0.3, 0.4) is 0 Å². The van der Waals surface area contributed by atoms with Gasteiger partial charge in [0.25, 0.3) is 5.91 Å². The van der Waals surface area contributed by atoms with Crippen LogP contribution in [0.2, 0.25) is 0 Å². The highest BCUT2D eigenvalue weighted by Crippen LogP contribution is 2.39. The third-order valence-electron chi connectivity index (χ3n) is 9.67. The number of piperidine rings is 1. The molecule has 1 saturated heterocycles. The molecule has 0 spiro atoms. The number of nitrogens with one attached hydrogen (secondary N) is 3. The van der Waals surface area contributed by atoms with Crippen LogP contribution >= 0.6 is 0 Å². The molecule has 1 saturated carbocycles. The molecule has 0 bridgehead atoms. The molecule has 1 aromatic carbocycles. The molecular weight excluding hydrogens is 622 g/mol. The highest BCUT2D eigenvalue weighted by molar-refractivity contribution is 7.92. The number of aliphatic hydroxyl groups excluding tert-OH is 1. The zero-order valence-corrected chi connectivity index (χ0v) is 29.2. The van der Waals surface area contributed by atoms with Crippen LogP contribution in [0, 0.1) is 11.8 Å². The van der Waals surface area contributed by atoms with E-state index >= 15 is 0 Å². The van der Waals surface area contributed by atoms with Gasteiger partial charge in [-0.3, -0.25) is 19.3 Å². The third-order valence-corrected chi connectivity index (χ3v) is 11.8. The van der Waals surface area contributed by atoms with Crippen molar-refractivity contribution in [3.63, 3.8) is 0 Å². The van der Waals surface area contributed by atoms with Crippen molar-refractivity contribution in [3.05, 3.63) is 53.9 Å². The number of nitrogens with zero attached hydrogens (tertiary/aromatic N) is 2. The Balaban J connectivity index is 1.62. The lowest BCUT2D eigenvalue weighted by Gasteiger charge is -2.47. The van der Waals surface area contributed by atoms with Gasteiger partial charge >= 0.3 is 0 Å². The van der Waals surface area contributed by atoms with Crippen LogP contribution in [0.15, 0.2) is 47.1 Å². The van der Waals surface area contributed by atoms with Crippen molar-refractivity contribution in [2.75, 3.05) is 19.3 Å². The number of likely N-dealkylation sites (tertiary alicyclic amines) is 1. The first-order valence-electron chi connectivity index (χ1n) is 16.5. The van der Waals surface area contributed by atoms with Crippen LogP contribution in [0.25, 0.3) is 0 Å². The van der Waals surface area contributed by atoms with Crippen molar-refractivity contribution in [1.82, 2.24) is 26.0 Å². The number of β-amino-alcohol motifs (C(OH)–C–C–N with tert-alkyl or cyclic N) is 1. The fraction of sp³-hybridized carbons (Fsp3) is 0.647. The molecule has 2 fully saturated rings. The molecule has 47 heavy (non-hydrogen) atoms. The largest absolute Gasteiger partial charge is 0.390 e. The summed E-state index contributed by atoms with van der Waals surface area (Å²) in [5.74, 6) is -0.979. The van der Waals surface area contributed by atoms with E-state index in [1.807, 2.05) is 56.0 Å². The fourth-order valence-corrected chi connectivity index (χ4v) is 7.31. The quantitative estimate of drug-likeness (QED) is 0.264. The maximum Gasteiger partial charge on any atom is 0.290 e. The van der Waals surface area contributed by atoms with Gasteiger partial charge in [-0.15, -0.1) is 0 Å². The Morgan fingerprint density at radius 2 is 1.68 bits per heavy atom. The Morgan fingerprint density at radius 1 is 1.02 bits per heavy atom. The maximum atomic E-state index is 14.0. The monoisotopic (exact) mass is 673 g/mol. The second-order valence-electron chi connectivity index (χ2n) is 14.8. The zero-order chi connectivity index (χ0) is 34.6. The third kappa shape index (κ3) is 9.41. The minimum absolute atomic E-state index is 0.0811. The lowest BCUT2D eigenvalue weighted by atomic mass is 9.72. The smallest absolute Gasteiger partial charge is 0.290 e. The number of benzene rings is 1. The van der Waals surface area contributed by atoms with Gasteiger partial charge in [-0.05, 0) is 71.3 Å². The summed E-state index contributed by atoms with van der Waals surface area (Å²) in [6, 6.07) is 7.79. The second-order valence-corrected chi connectivity index (χ2v) is 17.4. The summed E-state index contributed by atoms with van der Waals surface area (Å²) in [6.07, 6.45) is 6.52. The molecule has 2 heterocycles. The first-order valence-corrected chi connectivity index (χ1v) is 18.3. The van der Waals surface area contributed by atoms with Crippen LogP contribution in [0.1, 0.15) is 82.8 Å². The molecule has 1 aliphatic heterocycles. The first-order chi connectivity index (χ1) is 22.0. The number of fused-ring (bicyclic) bond motifs is 1. The molecular formula is C34H51N5O7S. The highest BCUT2D eigenvalue weighted by atomic mass is 32.2. The minimum atomic E-state index is -3.88. The molecule has 260 valence electrons. The normalized spacial score (nSPS) is 22.7. The summed E-state index contributed by atoms with van der Waals surface area (Å²) in [7, 11) is -3.88. The van der Waals surface area contributed by atoms with E-state index < -0.39 is 56.2 Å². The van der Waals surface area contributed by atoms with Gasteiger partial charge in [0.1, 0.15) is 6.04 Å². The SMILES string of the molecule is CC(C)(C)NC(=O)C1C[C@@H]2CCCC[C@@H]2CN1CC(O)C(Cc1ccccc1)NC(=O)[C@@H](NC(=O)c1ccno1)C(C)(C)S(C)(=O)=O. The number of aliphatic hydroxyl groups is 1. The standard InChI is InChI=1S/C34H51N5O7S/c1-33(2,3)38-30(41)26-19-23-14-10-11-15-24(23)20-39(26)21-27(40)25(18-22-12-8-7-9-13-22)36-32(43)29(34(4,5)47(6,44)45)37-31(42)28-16-17-35-46-28/h7-9,12-13,16-17,23-27,29,40H,10-11,14-15,18-21H2,1-6H3,(H,36,43)(H,37,42)(H,38,41)/t23-,24+,25?,26?,27?,29+/m0/s1. The van der Waals surface area contributed by atoms with Crippen LogP contribution < -0.4 is 16.0 Å². The Morgan fingerprint density at radius 3 is 2.28 bits per heavy atom. The van der Waals surface area contributed by atoms with Gasteiger partial charge in [-0.25, -0.2) is 8.42 Å². The van der Waals surface area contributed by atoms with Gasteiger partial charge in [-0.1, -0.05) is 54.8 Å². The van der Waals surface area contributed by atoms with E-state index in [2.05, 4.69) is 21.1 Å². The number of carbonyl (C=O) groups excluding carboxylic acids is 3. The molecule has 1 aromatic heterocycles. The number of rotatable bonds is 12. The second kappa shape index (κ2) is 14.9. The summed E-state index contributed by atoms with van der Waals surface area (Å²) < 4.78 is 29.0. The summed E-state index contributed by atoms with van der Waals surface area (Å²) in [5.41, 5.74) is 0.418. The Kier molecular flexibility index (Phi) is 11.6. The van der Waals surface area contributed by atoms with Gasteiger partial charge in [0, 0.05) is 31.0 Å². The van der Waals surface area contributed by atoms with Crippen LogP contribution in [0.4, 0.5) is 0 Å². The average molecular weight is 674 g/mol. The average Bonchev–Trinajstić information content (AvgIpc) is 3.53. The molecule has 4 N–H and O–H groups in total. The van der Waals surface area contributed by atoms with Crippen LogP contribution in [0.5, 0.6) is 0 Å². The number of aromatic nitrogens is 1. The predicted molar refractivity (Wildman–Crippen MR) is 178 cm³/mol. The lowest BCUT2D eigenvalue weighted by Crippen LogP contribution is -2.64. The van der Waals surface area contributed by atoms with Crippen molar-refractivity contribution >= 4 is 27.6 Å². The molecule has 0 radical (unpaired) electrons. The van der Waals surface area contributed by atoms with E-state index in [4.69, 9.17) is 4.52 Å². The molecule has 3 amide bonds. The summed E-state index contributed by atoms with van der Waals surface area (Å²) in [5, 5.41) is 23.9. The minimum Gasteiger partial charge on any atom is -0.390 e. The summed E-state index contributed by atoms with van der Waals surface area (Å²) in [6.45, 7) is 9.33. The van der Waals surface area contributed by atoms with Crippen molar-refractivity contribution < 1.29 is 32.4 Å². The predicted octanol–water partition coefficient (Wildman–Crippen LogP) is 2.48. The molecule has 13 heteroatoms. The number of carbonyl (C=O) groups is 3. The van der Waals surface area contributed by atoms with Gasteiger partial charge in [-0.2, -0.15) is 0 Å². The van der Waals surface area contributed by atoms with E-state index in [9.17, 15) is 27.9 Å². The number of hydrogen-bond acceptors (Lipinski definition) is 9. The molecule has 2 aliphatic rings. The van der Waals surface area contributed by atoms with E-state index in [1.165, 1.54) is 26.1 Å². The topological polar surface area (TPSA) is 171 Å². The van der Waals surface area contributed by atoms with Crippen molar-refractivity contribution in [2.24, 2.45) is 11.8 Å². The number of hydrogen-bond donors (Lipinski definition) is 4. The van der Waals surface area contributed by atoms with E-state index in [0.29, 0.717) is 24.8 Å². The lowest BCUT2D eigenvalue weighted by molar-refractivity contribution is -0.133. The van der Waals surface area contributed by atoms with Crippen molar-refractivity contribution in [1.29, 1.82) is 0 Å². The van der Waals surface area contributed by atoms with E-state index in [-0.39, 0.29) is 24.6 Å². The maximum absolute atomic E-state index is 14.0. The van der Waals surface area contributed by atoms with E-state index in [1.54, 1.807) is 0 Å². The zero-order valence-electron chi connectivity index (χ0n) is 28.4. The molecule has 12 nitrogen and oxygen atoms in total. The molecule has 6 atom stereocenters. The van der Waals surface area contributed by atoms with Crippen LogP contribution in [-0.4, -0.2) is 95.2 Å². The molecule has 4 rings (SSSR count). The first kappa shape index (κ1) is 36.5. The molecule has 1 aliphatic carbocycles. The van der Waals surface area contributed by atoms with Gasteiger partial charge in [0.05, 0.1) is 29.1 Å². The Bertz CT molecular complexity index is 1470. The summed E-state index contributed by atoms with van der Waals surface area (Å²) >= 11 is 0. The van der Waals surface area contributed by atoms with Crippen molar-refractivity contribution in [2.45, 2.75) is 108 Å². The summed E-state index contributed by atoms with van der Waals surface area (Å²) in [4.78, 5) is 42.6. The van der Waals surface area contributed by atoms with Gasteiger partial charge in [0.2, 0.25) is 17.6 Å². The van der Waals surface area contributed by atoms with Crippen molar-refractivity contribution in [3.8, 4) is 0 Å². The Hall–Kier alpha value is -3.29. The van der Waals surface area contributed by atoms with E-state index in [0.717, 1.165) is 37.5 Å². The number of sulfone groups is 1. The van der Waals surface area contributed by atoms with Crippen LogP contribution in [-0.2, 0) is 25.8 Å². The Labute approximate surface area is 278 Å². The fourth-order valence-electron chi connectivity index (χ4n) is 6.72. The molecule has 2 aromatic rings.